The van der Waals surface area contributed by atoms with Gasteiger partial charge in [0, 0.05) is 5.56 Å². The molecule has 0 unspecified atom stereocenters. The number of hydrogen-bond acceptors (Lipinski definition) is 3. The van der Waals surface area contributed by atoms with Crippen molar-refractivity contribution in [3.05, 3.63) is 64.2 Å². The zero-order chi connectivity index (χ0) is 15.0. The summed E-state index contributed by atoms with van der Waals surface area (Å²) >= 11 is 6.09. The molecule has 5 heteroatoms. The van der Waals surface area contributed by atoms with E-state index < -0.39 is 5.91 Å². The second-order valence-electron chi connectivity index (χ2n) is 4.65. The van der Waals surface area contributed by atoms with Crippen LogP contribution >= 0.6 is 11.6 Å². The van der Waals surface area contributed by atoms with Crippen molar-refractivity contribution in [3.8, 4) is 6.07 Å². The standard InChI is InChI=1S/C16H9ClN2O2/c17-13-6-5-10(9-18)7-14(13)19-15(20)8-11-3-1-2-4-12(11)16(19)21/h1-7H,8H2. The number of imide groups is 1. The zero-order valence-corrected chi connectivity index (χ0v) is 11.6. The number of amides is 2. The molecule has 1 heterocycles. The number of anilines is 1. The first-order chi connectivity index (χ1) is 10.1. The van der Waals surface area contributed by atoms with E-state index in [2.05, 4.69) is 0 Å². The topological polar surface area (TPSA) is 61.2 Å². The molecule has 0 N–H and O–H groups in total. The molecule has 2 aromatic rings. The van der Waals surface area contributed by atoms with Crippen molar-refractivity contribution in [3.63, 3.8) is 0 Å². The summed E-state index contributed by atoms with van der Waals surface area (Å²) in [5.74, 6) is -0.769. The number of halogens is 1. The molecule has 3 rings (SSSR count). The molecule has 0 saturated carbocycles. The van der Waals surface area contributed by atoms with Crippen LogP contribution in [0.5, 0.6) is 0 Å². The minimum Gasteiger partial charge on any atom is -0.274 e. The van der Waals surface area contributed by atoms with Crippen molar-refractivity contribution in [1.29, 1.82) is 5.26 Å². The van der Waals surface area contributed by atoms with Gasteiger partial charge in [0.05, 0.1) is 28.8 Å². The second kappa shape index (κ2) is 5.04. The van der Waals surface area contributed by atoms with Gasteiger partial charge in [-0.05, 0) is 29.8 Å². The fourth-order valence-corrected chi connectivity index (χ4v) is 2.56. The number of benzene rings is 2. The number of hydrogen-bond donors (Lipinski definition) is 0. The third kappa shape index (κ3) is 2.18. The lowest BCUT2D eigenvalue weighted by Gasteiger charge is -2.27. The first kappa shape index (κ1) is 13.3. The zero-order valence-electron chi connectivity index (χ0n) is 10.8. The maximum atomic E-state index is 12.5. The highest BCUT2D eigenvalue weighted by Crippen LogP contribution is 2.31. The third-order valence-corrected chi connectivity index (χ3v) is 3.68. The Hall–Kier alpha value is -2.64. The summed E-state index contributed by atoms with van der Waals surface area (Å²) in [6.07, 6.45) is 0.134. The Morgan fingerprint density at radius 2 is 1.90 bits per heavy atom. The predicted octanol–water partition coefficient (Wildman–Crippen LogP) is 2.94. The van der Waals surface area contributed by atoms with Crippen LogP contribution in [0.15, 0.2) is 42.5 Å². The van der Waals surface area contributed by atoms with E-state index in [-0.39, 0.29) is 23.0 Å². The molecular formula is C16H9ClN2O2. The summed E-state index contributed by atoms with van der Waals surface area (Å²) in [5.41, 5.74) is 1.78. The monoisotopic (exact) mass is 296 g/mol. The van der Waals surface area contributed by atoms with Gasteiger partial charge in [0.15, 0.2) is 0 Å². The van der Waals surface area contributed by atoms with Crippen LogP contribution in [0.25, 0.3) is 0 Å². The van der Waals surface area contributed by atoms with Crippen molar-refractivity contribution in [2.24, 2.45) is 0 Å². The fourth-order valence-electron chi connectivity index (χ4n) is 2.36. The maximum absolute atomic E-state index is 12.5. The van der Waals surface area contributed by atoms with Crippen molar-refractivity contribution in [2.45, 2.75) is 6.42 Å². The molecule has 0 atom stereocenters. The molecule has 0 fully saturated rings. The molecule has 1 aliphatic heterocycles. The maximum Gasteiger partial charge on any atom is 0.265 e. The molecule has 0 radical (unpaired) electrons. The molecular weight excluding hydrogens is 288 g/mol. The summed E-state index contributed by atoms with van der Waals surface area (Å²) in [4.78, 5) is 25.9. The molecule has 0 aromatic heterocycles. The minimum absolute atomic E-state index is 0.134. The second-order valence-corrected chi connectivity index (χ2v) is 5.05. The lowest BCUT2D eigenvalue weighted by atomic mass is 9.98. The van der Waals surface area contributed by atoms with Crippen LogP contribution in [0.1, 0.15) is 21.5 Å². The number of carbonyl (C=O) groups excluding carboxylic acids is 2. The van der Waals surface area contributed by atoms with E-state index in [0.717, 1.165) is 4.90 Å². The van der Waals surface area contributed by atoms with Crippen molar-refractivity contribution in [2.75, 3.05) is 4.90 Å². The highest BCUT2D eigenvalue weighted by molar-refractivity contribution is 6.36. The molecule has 2 amide bonds. The summed E-state index contributed by atoms with van der Waals surface area (Å²) in [7, 11) is 0. The smallest absolute Gasteiger partial charge is 0.265 e. The Balaban J connectivity index is 2.14. The number of nitriles is 1. The van der Waals surface area contributed by atoms with Crippen LogP contribution in [-0.4, -0.2) is 11.8 Å². The molecule has 21 heavy (non-hydrogen) atoms. The van der Waals surface area contributed by atoms with E-state index in [4.69, 9.17) is 16.9 Å². The average Bonchev–Trinajstić information content (AvgIpc) is 2.49. The quantitative estimate of drug-likeness (QED) is 0.760. The van der Waals surface area contributed by atoms with Crippen molar-refractivity contribution in [1.82, 2.24) is 0 Å². The Morgan fingerprint density at radius 3 is 2.67 bits per heavy atom. The molecule has 0 saturated heterocycles. The summed E-state index contributed by atoms with van der Waals surface area (Å²) in [5, 5.41) is 9.22. The van der Waals surface area contributed by atoms with E-state index in [1.165, 1.54) is 12.1 Å². The molecule has 0 bridgehead atoms. The first-order valence-corrected chi connectivity index (χ1v) is 6.64. The normalized spacial score (nSPS) is 13.8. The van der Waals surface area contributed by atoms with E-state index in [1.54, 1.807) is 30.3 Å². The van der Waals surface area contributed by atoms with Gasteiger partial charge >= 0.3 is 0 Å². The highest BCUT2D eigenvalue weighted by Gasteiger charge is 2.33. The van der Waals surface area contributed by atoms with Gasteiger partial charge in [-0.1, -0.05) is 29.8 Å². The van der Waals surface area contributed by atoms with Gasteiger partial charge in [-0.2, -0.15) is 5.26 Å². The van der Waals surface area contributed by atoms with Crippen LogP contribution in [0.2, 0.25) is 5.02 Å². The SMILES string of the molecule is N#Cc1ccc(Cl)c(N2C(=O)Cc3ccccc3C2=O)c1. The first-order valence-electron chi connectivity index (χ1n) is 6.26. The number of rotatable bonds is 1. The van der Waals surface area contributed by atoms with Gasteiger partial charge in [-0.15, -0.1) is 0 Å². The summed E-state index contributed by atoms with van der Waals surface area (Å²) in [6, 6.07) is 13.5. The number of carbonyl (C=O) groups is 2. The van der Waals surface area contributed by atoms with Gasteiger partial charge in [0.25, 0.3) is 5.91 Å². The molecule has 1 aliphatic rings. The minimum atomic E-state index is -0.418. The number of nitrogens with zero attached hydrogens (tertiary/aromatic N) is 2. The molecule has 0 aliphatic carbocycles. The van der Waals surface area contributed by atoms with E-state index in [1.807, 2.05) is 6.07 Å². The lowest BCUT2D eigenvalue weighted by molar-refractivity contribution is -0.117. The molecule has 0 spiro atoms. The van der Waals surface area contributed by atoms with Gasteiger partial charge in [-0.25, -0.2) is 4.90 Å². The Kier molecular flexibility index (Phi) is 3.20. The predicted molar refractivity (Wildman–Crippen MR) is 78.1 cm³/mol. The van der Waals surface area contributed by atoms with E-state index in [0.29, 0.717) is 16.7 Å². The van der Waals surface area contributed by atoms with Crippen LogP contribution in [0.4, 0.5) is 5.69 Å². The van der Waals surface area contributed by atoms with Gasteiger partial charge in [0.2, 0.25) is 5.91 Å². The average molecular weight is 297 g/mol. The molecule has 2 aromatic carbocycles. The van der Waals surface area contributed by atoms with Crippen LogP contribution < -0.4 is 4.90 Å². The van der Waals surface area contributed by atoms with Crippen LogP contribution in [0, 0.1) is 11.3 Å². The Bertz CT molecular complexity index is 808. The van der Waals surface area contributed by atoms with Crippen molar-refractivity contribution < 1.29 is 9.59 Å². The summed E-state index contributed by atoms with van der Waals surface area (Å²) in [6.45, 7) is 0. The Morgan fingerprint density at radius 1 is 1.14 bits per heavy atom. The number of fused-ring (bicyclic) bond motifs is 1. The van der Waals surface area contributed by atoms with E-state index in [9.17, 15) is 9.59 Å². The Labute approximate surface area is 126 Å². The van der Waals surface area contributed by atoms with Gasteiger partial charge in [0.1, 0.15) is 0 Å². The van der Waals surface area contributed by atoms with Gasteiger partial charge in [-0.3, -0.25) is 9.59 Å². The fraction of sp³-hybridized carbons (Fsp3) is 0.0625. The molecule has 4 nitrogen and oxygen atoms in total. The van der Waals surface area contributed by atoms with E-state index >= 15 is 0 Å². The van der Waals surface area contributed by atoms with Gasteiger partial charge < -0.3 is 0 Å². The highest BCUT2D eigenvalue weighted by atomic mass is 35.5. The largest absolute Gasteiger partial charge is 0.274 e. The third-order valence-electron chi connectivity index (χ3n) is 3.36. The molecule has 102 valence electrons. The van der Waals surface area contributed by atoms with Crippen molar-refractivity contribution >= 4 is 29.1 Å². The lowest BCUT2D eigenvalue weighted by Crippen LogP contribution is -2.42. The van der Waals surface area contributed by atoms with Crippen LogP contribution in [-0.2, 0) is 11.2 Å². The van der Waals surface area contributed by atoms with Crippen LogP contribution in [0.3, 0.4) is 0 Å². The summed E-state index contributed by atoms with van der Waals surface area (Å²) < 4.78 is 0.